The molecule has 2 heteroatoms. The number of aromatic nitrogens is 2. The van der Waals surface area contributed by atoms with Gasteiger partial charge in [0.25, 0.3) is 0 Å². The molecule has 0 bridgehead atoms. The van der Waals surface area contributed by atoms with Crippen molar-refractivity contribution in [1.82, 2.24) is 9.78 Å². The van der Waals surface area contributed by atoms with Crippen molar-refractivity contribution in [3.05, 3.63) is 52.8 Å². The number of rotatable bonds is 5. The summed E-state index contributed by atoms with van der Waals surface area (Å²) in [7, 11) is 0. The van der Waals surface area contributed by atoms with Crippen molar-refractivity contribution in [2.75, 3.05) is 0 Å². The van der Waals surface area contributed by atoms with Crippen LogP contribution in [-0.2, 0) is 13.0 Å². The highest BCUT2D eigenvalue weighted by atomic mass is 15.3. The zero-order valence-electron chi connectivity index (χ0n) is 12.2. The summed E-state index contributed by atoms with van der Waals surface area (Å²) in [6, 6.07) is 9.23. The maximum atomic E-state index is 4.56. The van der Waals surface area contributed by atoms with Gasteiger partial charge >= 0.3 is 0 Å². The Morgan fingerprint density at radius 3 is 2.50 bits per heavy atom. The van der Waals surface area contributed by atoms with Gasteiger partial charge in [-0.1, -0.05) is 24.3 Å². The van der Waals surface area contributed by atoms with Crippen LogP contribution in [0.5, 0.6) is 0 Å². The molecule has 0 aliphatic heterocycles. The molecule has 0 N–H and O–H groups in total. The second-order valence-electron chi connectivity index (χ2n) is 6.57. The van der Waals surface area contributed by atoms with Gasteiger partial charge in [-0.2, -0.15) is 5.10 Å². The van der Waals surface area contributed by atoms with Crippen molar-refractivity contribution in [2.24, 2.45) is 5.92 Å². The minimum atomic E-state index is 0.854. The average molecular weight is 266 g/mol. The Morgan fingerprint density at radius 1 is 1.10 bits per heavy atom. The van der Waals surface area contributed by atoms with Gasteiger partial charge in [-0.05, 0) is 61.1 Å². The summed E-state index contributed by atoms with van der Waals surface area (Å²) in [6.07, 6.45) is 8.61. The molecule has 2 aliphatic rings. The fourth-order valence-corrected chi connectivity index (χ4v) is 2.93. The van der Waals surface area contributed by atoms with Crippen LogP contribution in [0.3, 0.4) is 0 Å². The predicted molar refractivity (Wildman–Crippen MR) is 80.9 cm³/mol. The van der Waals surface area contributed by atoms with E-state index < -0.39 is 0 Å². The van der Waals surface area contributed by atoms with E-state index in [1.165, 1.54) is 48.1 Å². The lowest BCUT2D eigenvalue weighted by atomic mass is 10.0. The van der Waals surface area contributed by atoms with Gasteiger partial charge in [0.15, 0.2) is 0 Å². The monoisotopic (exact) mass is 266 g/mol. The molecule has 1 aromatic heterocycles. The highest BCUT2D eigenvalue weighted by molar-refractivity contribution is 5.32. The quantitative estimate of drug-likeness (QED) is 0.797. The second kappa shape index (κ2) is 4.76. The molecule has 2 aromatic rings. The van der Waals surface area contributed by atoms with Gasteiger partial charge in [0.05, 0.1) is 6.20 Å². The van der Waals surface area contributed by atoms with Crippen molar-refractivity contribution >= 4 is 0 Å². The Balaban J connectivity index is 1.48. The highest BCUT2D eigenvalue weighted by Crippen LogP contribution is 2.40. The number of hydrogen-bond acceptors (Lipinski definition) is 1. The average Bonchev–Trinajstić information content (AvgIpc) is 3.36. The second-order valence-corrected chi connectivity index (χ2v) is 6.57. The minimum Gasteiger partial charge on any atom is -0.269 e. The Kier molecular flexibility index (Phi) is 2.90. The van der Waals surface area contributed by atoms with Gasteiger partial charge in [0.2, 0.25) is 0 Å². The molecule has 0 radical (unpaired) electrons. The van der Waals surface area contributed by atoms with Gasteiger partial charge in [-0.25, -0.2) is 0 Å². The first-order chi connectivity index (χ1) is 9.79. The zero-order valence-corrected chi connectivity index (χ0v) is 12.2. The van der Waals surface area contributed by atoms with Crippen LogP contribution in [0.1, 0.15) is 54.0 Å². The Hall–Kier alpha value is -1.57. The molecule has 20 heavy (non-hydrogen) atoms. The third-order valence-electron chi connectivity index (χ3n) is 4.76. The lowest BCUT2D eigenvalue weighted by molar-refractivity contribution is 0.549. The summed E-state index contributed by atoms with van der Waals surface area (Å²) in [5.74, 6) is 1.74. The summed E-state index contributed by atoms with van der Waals surface area (Å²) in [6.45, 7) is 3.33. The molecule has 1 heterocycles. The van der Waals surface area contributed by atoms with Crippen molar-refractivity contribution < 1.29 is 0 Å². The van der Waals surface area contributed by atoms with Crippen LogP contribution in [0.25, 0.3) is 0 Å². The topological polar surface area (TPSA) is 17.8 Å². The first-order valence-electron chi connectivity index (χ1n) is 7.90. The summed E-state index contributed by atoms with van der Waals surface area (Å²) >= 11 is 0. The van der Waals surface area contributed by atoms with E-state index in [1.807, 2.05) is 0 Å². The molecule has 2 fully saturated rings. The molecule has 1 aromatic carbocycles. The SMILES string of the molecule is Cc1c(Cc2ccc(C3CC3)cc2)cnn1CC1CC1. The lowest BCUT2D eigenvalue weighted by Crippen LogP contribution is -2.04. The molecular formula is C18H22N2. The van der Waals surface area contributed by atoms with E-state index in [-0.39, 0.29) is 0 Å². The molecule has 4 rings (SSSR count). The van der Waals surface area contributed by atoms with Crippen LogP contribution in [0.2, 0.25) is 0 Å². The fourth-order valence-electron chi connectivity index (χ4n) is 2.93. The molecule has 2 saturated carbocycles. The largest absolute Gasteiger partial charge is 0.269 e. The molecule has 0 spiro atoms. The van der Waals surface area contributed by atoms with Crippen molar-refractivity contribution in [3.8, 4) is 0 Å². The van der Waals surface area contributed by atoms with Crippen LogP contribution in [0.15, 0.2) is 30.5 Å². The first-order valence-corrected chi connectivity index (χ1v) is 7.90. The van der Waals surface area contributed by atoms with Gasteiger partial charge in [0, 0.05) is 18.7 Å². The van der Waals surface area contributed by atoms with Gasteiger partial charge < -0.3 is 0 Å². The standard InChI is InChI=1S/C18H22N2/c1-13-18(11-19-20(13)12-15-2-3-15)10-14-4-6-16(7-5-14)17-8-9-17/h4-7,11,15,17H,2-3,8-10,12H2,1H3. The maximum Gasteiger partial charge on any atom is 0.0527 e. The Morgan fingerprint density at radius 2 is 1.85 bits per heavy atom. The van der Waals surface area contributed by atoms with E-state index >= 15 is 0 Å². The van der Waals surface area contributed by atoms with E-state index in [1.54, 1.807) is 0 Å². The molecule has 0 amide bonds. The fraction of sp³-hybridized carbons (Fsp3) is 0.500. The van der Waals surface area contributed by atoms with Crippen LogP contribution < -0.4 is 0 Å². The van der Waals surface area contributed by atoms with Crippen LogP contribution in [0, 0.1) is 12.8 Å². The predicted octanol–water partition coefficient (Wildman–Crippen LogP) is 4.07. The van der Waals surface area contributed by atoms with Gasteiger partial charge in [-0.3, -0.25) is 4.68 Å². The number of nitrogens with zero attached hydrogens (tertiary/aromatic N) is 2. The van der Waals surface area contributed by atoms with Gasteiger partial charge in [-0.15, -0.1) is 0 Å². The smallest absolute Gasteiger partial charge is 0.0527 e. The third-order valence-corrected chi connectivity index (χ3v) is 4.76. The van der Waals surface area contributed by atoms with Crippen molar-refractivity contribution in [3.63, 3.8) is 0 Å². The van der Waals surface area contributed by atoms with Crippen molar-refractivity contribution in [1.29, 1.82) is 0 Å². The molecule has 0 unspecified atom stereocenters. The van der Waals surface area contributed by atoms with Crippen molar-refractivity contribution in [2.45, 2.75) is 51.5 Å². The number of hydrogen-bond donors (Lipinski definition) is 0. The normalized spacial score (nSPS) is 18.4. The summed E-state index contributed by atoms with van der Waals surface area (Å²) in [5, 5.41) is 4.56. The van der Waals surface area contributed by atoms with Crippen LogP contribution in [0.4, 0.5) is 0 Å². The molecule has 104 valence electrons. The maximum absolute atomic E-state index is 4.56. The first kappa shape index (κ1) is 12.2. The van der Waals surface area contributed by atoms with Crippen LogP contribution >= 0.6 is 0 Å². The van der Waals surface area contributed by atoms with Crippen LogP contribution in [-0.4, -0.2) is 9.78 Å². The third kappa shape index (κ3) is 2.52. The molecule has 2 nitrogen and oxygen atoms in total. The summed E-state index contributed by atoms with van der Waals surface area (Å²) < 4.78 is 2.20. The molecule has 2 aliphatic carbocycles. The lowest BCUT2D eigenvalue weighted by Gasteiger charge is -2.05. The Labute approximate surface area is 120 Å². The summed E-state index contributed by atoms with van der Waals surface area (Å²) in [5.41, 5.74) is 5.66. The van der Waals surface area contributed by atoms with E-state index in [0.717, 1.165) is 24.8 Å². The van der Waals surface area contributed by atoms with E-state index in [2.05, 4.69) is 47.2 Å². The highest BCUT2D eigenvalue weighted by Gasteiger charge is 2.24. The van der Waals surface area contributed by atoms with E-state index in [9.17, 15) is 0 Å². The molecule has 0 saturated heterocycles. The Bertz CT molecular complexity index is 601. The molecule has 0 atom stereocenters. The zero-order chi connectivity index (χ0) is 13.5. The molecular weight excluding hydrogens is 244 g/mol. The van der Waals surface area contributed by atoms with E-state index in [0.29, 0.717) is 0 Å². The van der Waals surface area contributed by atoms with E-state index in [4.69, 9.17) is 0 Å². The number of benzene rings is 1. The minimum absolute atomic E-state index is 0.854. The summed E-state index contributed by atoms with van der Waals surface area (Å²) in [4.78, 5) is 0. The van der Waals surface area contributed by atoms with Gasteiger partial charge in [0.1, 0.15) is 0 Å².